The highest BCUT2D eigenvalue weighted by molar-refractivity contribution is 5.12. The van der Waals surface area contributed by atoms with Crippen LogP contribution in [0, 0.1) is 11.8 Å². The van der Waals surface area contributed by atoms with Gasteiger partial charge in [0.15, 0.2) is 0 Å². The third-order valence-corrected chi connectivity index (χ3v) is 4.32. The smallest absolute Gasteiger partial charge is 0.0876 e. The Hall–Kier alpha value is -0.500. The monoisotopic (exact) mass is 237 g/mol. The average Bonchev–Trinajstić information content (AvgIpc) is 2.38. The van der Waals surface area contributed by atoms with E-state index in [-0.39, 0.29) is 0 Å². The van der Waals surface area contributed by atoms with Crippen LogP contribution in [0.15, 0.2) is 11.8 Å². The lowest BCUT2D eigenvalue weighted by atomic mass is 9.76. The van der Waals surface area contributed by atoms with Crippen LogP contribution in [0.2, 0.25) is 0 Å². The Bertz CT molecular complexity index is 254. The van der Waals surface area contributed by atoms with Crippen LogP contribution in [0.1, 0.15) is 52.4 Å². The molecular formula is C15H27NO. The summed E-state index contributed by atoms with van der Waals surface area (Å²) < 4.78 is 5.52. The average molecular weight is 237 g/mol. The molecule has 1 heterocycles. The fraction of sp³-hybridized carbons (Fsp3) is 0.867. The minimum absolute atomic E-state index is 0.577. The minimum Gasteiger partial charge on any atom is -0.501 e. The van der Waals surface area contributed by atoms with E-state index in [1.165, 1.54) is 44.1 Å². The van der Waals surface area contributed by atoms with E-state index in [0.717, 1.165) is 25.0 Å². The summed E-state index contributed by atoms with van der Waals surface area (Å²) in [6.45, 7) is 6.57. The molecule has 17 heavy (non-hydrogen) atoms. The zero-order valence-electron chi connectivity index (χ0n) is 11.4. The molecular weight excluding hydrogens is 210 g/mol. The van der Waals surface area contributed by atoms with Gasteiger partial charge in [0, 0.05) is 6.04 Å². The maximum Gasteiger partial charge on any atom is 0.0876 e. The van der Waals surface area contributed by atoms with Gasteiger partial charge in [-0.2, -0.15) is 0 Å². The second kappa shape index (κ2) is 6.44. The Balaban J connectivity index is 1.98. The van der Waals surface area contributed by atoms with Gasteiger partial charge in [-0.3, -0.25) is 0 Å². The van der Waals surface area contributed by atoms with E-state index in [2.05, 4.69) is 19.2 Å². The van der Waals surface area contributed by atoms with Gasteiger partial charge in [0.25, 0.3) is 0 Å². The predicted octanol–water partition coefficient (Wildman–Crippen LogP) is 3.49. The molecule has 1 N–H and O–H groups in total. The van der Waals surface area contributed by atoms with Crippen LogP contribution in [-0.4, -0.2) is 19.2 Å². The summed E-state index contributed by atoms with van der Waals surface area (Å²) in [5, 5.41) is 3.69. The normalized spacial score (nSPS) is 31.5. The van der Waals surface area contributed by atoms with E-state index in [9.17, 15) is 0 Å². The van der Waals surface area contributed by atoms with Crippen molar-refractivity contribution in [3.63, 3.8) is 0 Å². The van der Waals surface area contributed by atoms with Crippen molar-refractivity contribution < 1.29 is 4.74 Å². The van der Waals surface area contributed by atoms with Crippen molar-refractivity contribution in [1.29, 1.82) is 0 Å². The maximum absolute atomic E-state index is 5.52. The SMILES string of the molecule is CCNC(C1=COCCC1)C1CCC(C)CC1. The molecule has 98 valence electrons. The first-order valence-electron chi connectivity index (χ1n) is 7.35. The van der Waals surface area contributed by atoms with Crippen LogP contribution < -0.4 is 5.32 Å². The van der Waals surface area contributed by atoms with Crippen LogP contribution in [0.25, 0.3) is 0 Å². The molecule has 1 atom stereocenters. The molecule has 1 aliphatic carbocycles. The molecule has 0 aromatic heterocycles. The molecule has 1 saturated carbocycles. The van der Waals surface area contributed by atoms with E-state index >= 15 is 0 Å². The number of ether oxygens (including phenoxy) is 1. The molecule has 1 unspecified atom stereocenters. The van der Waals surface area contributed by atoms with E-state index in [1.54, 1.807) is 0 Å². The first-order chi connectivity index (χ1) is 8.31. The molecule has 2 heteroatoms. The van der Waals surface area contributed by atoms with E-state index in [0.29, 0.717) is 6.04 Å². The van der Waals surface area contributed by atoms with Gasteiger partial charge in [-0.1, -0.05) is 26.7 Å². The summed E-state index contributed by atoms with van der Waals surface area (Å²) in [6, 6.07) is 0.577. The number of hydrogen-bond acceptors (Lipinski definition) is 2. The third-order valence-electron chi connectivity index (χ3n) is 4.32. The quantitative estimate of drug-likeness (QED) is 0.808. The van der Waals surface area contributed by atoms with E-state index in [1.807, 2.05) is 6.26 Å². The molecule has 1 aliphatic heterocycles. The molecule has 0 aromatic carbocycles. The molecule has 2 aliphatic rings. The molecule has 0 spiro atoms. The van der Waals surface area contributed by atoms with Gasteiger partial charge in [0.1, 0.15) is 0 Å². The Morgan fingerprint density at radius 3 is 2.71 bits per heavy atom. The van der Waals surface area contributed by atoms with Gasteiger partial charge < -0.3 is 10.1 Å². The second-order valence-electron chi connectivity index (χ2n) is 5.72. The van der Waals surface area contributed by atoms with Crippen LogP contribution in [0.5, 0.6) is 0 Å². The van der Waals surface area contributed by atoms with Crippen LogP contribution in [-0.2, 0) is 4.74 Å². The van der Waals surface area contributed by atoms with Gasteiger partial charge in [-0.15, -0.1) is 0 Å². The first kappa shape index (κ1) is 12.9. The lowest BCUT2D eigenvalue weighted by Crippen LogP contribution is -2.40. The Labute approximate surface area is 106 Å². The molecule has 0 bridgehead atoms. The number of nitrogens with one attached hydrogen (secondary N) is 1. The fourth-order valence-corrected chi connectivity index (χ4v) is 3.25. The highest BCUT2D eigenvalue weighted by atomic mass is 16.5. The molecule has 0 aromatic rings. The number of rotatable bonds is 4. The second-order valence-corrected chi connectivity index (χ2v) is 5.72. The fourth-order valence-electron chi connectivity index (χ4n) is 3.25. The van der Waals surface area contributed by atoms with Gasteiger partial charge in [-0.05, 0) is 49.6 Å². The van der Waals surface area contributed by atoms with Crippen molar-refractivity contribution in [1.82, 2.24) is 5.32 Å². The Morgan fingerprint density at radius 2 is 2.12 bits per heavy atom. The van der Waals surface area contributed by atoms with Crippen LogP contribution in [0.3, 0.4) is 0 Å². The number of likely N-dealkylation sites (N-methyl/N-ethyl adjacent to an activating group) is 1. The van der Waals surface area contributed by atoms with Gasteiger partial charge >= 0.3 is 0 Å². The molecule has 0 amide bonds. The first-order valence-corrected chi connectivity index (χ1v) is 7.35. The molecule has 2 nitrogen and oxygen atoms in total. The van der Waals surface area contributed by atoms with Crippen molar-refractivity contribution in [3.8, 4) is 0 Å². The molecule has 0 saturated heterocycles. The van der Waals surface area contributed by atoms with E-state index < -0.39 is 0 Å². The maximum atomic E-state index is 5.52. The van der Waals surface area contributed by atoms with Crippen molar-refractivity contribution >= 4 is 0 Å². The zero-order chi connectivity index (χ0) is 12.1. The third kappa shape index (κ3) is 3.48. The minimum atomic E-state index is 0.577. The topological polar surface area (TPSA) is 21.3 Å². The molecule has 1 fully saturated rings. The van der Waals surface area contributed by atoms with Crippen molar-refractivity contribution in [2.75, 3.05) is 13.2 Å². The number of hydrogen-bond donors (Lipinski definition) is 1. The zero-order valence-corrected chi connectivity index (χ0v) is 11.4. The lowest BCUT2D eigenvalue weighted by molar-refractivity contribution is 0.200. The summed E-state index contributed by atoms with van der Waals surface area (Å²) in [4.78, 5) is 0. The highest BCUT2D eigenvalue weighted by Gasteiger charge is 2.28. The van der Waals surface area contributed by atoms with Crippen molar-refractivity contribution in [3.05, 3.63) is 11.8 Å². The van der Waals surface area contributed by atoms with Gasteiger partial charge in [0.05, 0.1) is 12.9 Å². The van der Waals surface area contributed by atoms with Gasteiger partial charge in [-0.25, -0.2) is 0 Å². The summed E-state index contributed by atoms with van der Waals surface area (Å²) in [6.07, 6.45) is 10.0. The van der Waals surface area contributed by atoms with Gasteiger partial charge in [0.2, 0.25) is 0 Å². The largest absolute Gasteiger partial charge is 0.501 e. The summed E-state index contributed by atoms with van der Waals surface area (Å²) >= 11 is 0. The summed E-state index contributed by atoms with van der Waals surface area (Å²) in [5.41, 5.74) is 1.51. The van der Waals surface area contributed by atoms with Crippen LogP contribution in [0.4, 0.5) is 0 Å². The van der Waals surface area contributed by atoms with Crippen molar-refractivity contribution in [2.45, 2.75) is 58.4 Å². The Morgan fingerprint density at radius 1 is 1.35 bits per heavy atom. The predicted molar refractivity (Wildman–Crippen MR) is 71.9 cm³/mol. The lowest BCUT2D eigenvalue weighted by Gasteiger charge is -2.35. The summed E-state index contributed by atoms with van der Waals surface area (Å²) in [7, 11) is 0. The summed E-state index contributed by atoms with van der Waals surface area (Å²) in [5.74, 6) is 1.77. The standard InChI is InChI=1S/C15H27NO/c1-3-16-15(14-5-4-10-17-11-14)13-8-6-12(2)7-9-13/h11-13,15-16H,3-10H2,1-2H3. The molecule has 2 rings (SSSR count). The van der Waals surface area contributed by atoms with E-state index in [4.69, 9.17) is 4.74 Å². The highest BCUT2D eigenvalue weighted by Crippen LogP contribution is 2.34. The van der Waals surface area contributed by atoms with Crippen LogP contribution >= 0.6 is 0 Å². The van der Waals surface area contributed by atoms with Crippen molar-refractivity contribution in [2.24, 2.45) is 11.8 Å². The Kier molecular flexibility index (Phi) is 4.90. The molecule has 0 radical (unpaired) electrons.